The van der Waals surface area contributed by atoms with Gasteiger partial charge < -0.3 is 20.6 Å². The van der Waals surface area contributed by atoms with E-state index in [1.54, 1.807) is 17.2 Å². The summed E-state index contributed by atoms with van der Waals surface area (Å²) in [5.41, 5.74) is 0.694. The lowest BCUT2D eigenvalue weighted by Gasteiger charge is -2.26. The summed E-state index contributed by atoms with van der Waals surface area (Å²) in [7, 11) is 0. The van der Waals surface area contributed by atoms with E-state index in [1.807, 2.05) is 0 Å². The zero-order chi connectivity index (χ0) is 21.7. The summed E-state index contributed by atoms with van der Waals surface area (Å²) < 4.78 is 43.8. The topological polar surface area (TPSA) is 94.8 Å². The van der Waals surface area contributed by atoms with Crippen molar-refractivity contribution in [1.82, 2.24) is 19.9 Å². The fraction of sp³-hybridized carbons (Fsp3) is 0.350. The molecule has 3 N–H and O–H groups in total. The van der Waals surface area contributed by atoms with Gasteiger partial charge in [-0.1, -0.05) is 0 Å². The first-order chi connectivity index (χ1) is 14.9. The van der Waals surface area contributed by atoms with Crippen LogP contribution in [0.4, 0.5) is 29.5 Å². The lowest BCUT2D eigenvalue weighted by Crippen LogP contribution is -2.32. The quantitative estimate of drug-likeness (QED) is 0.589. The van der Waals surface area contributed by atoms with Gasteiger partial charge in [0.1, 0.15) is 29.3 Å². The first kappa shape index (κ1) is 19.6. The van der Waals surface area contributed by atoms with Crippen LogP contribution in [0.2, 0.25) is 0 Å². The maximum absolute atomic E-state index is 14.4. The number of anilines is 2. The number of hydrogen-bond acceptors (Lipinski definition) is 5. The molecule has 5 rings (SSSR count). The second-order valence-electron chi connectivity index (χ2n) is 7.79. The van der Waals surface area contributed by atoms with Crippen molar-refractivity contribution in [2.24, 2.45) is 0 Å². The minimum absolute atomic E-state index is 0.00369. The Bertz CT molecular complexity index is 1160. The van der Waals surface area contributed by atoms with Crippen LogP contribution in [0.3, 0.4) is 0 Å². The molecule has 0 bridgehead atoms. The van der Waals surface area contributed by atoms with Crippen molar-refractivity contribution in [2.75, 3.05) is 16.8 Å². The number of aliphatic hydroxyl groups is 1. The Morgan fingerprint density at radius 3 is 2.81 bits per heavy atom. The molecule has 0 radical (unpaired) electrons. The van der Waals surface area contributed by atoms with Gasteiger partial charge in [0.2, 0.25) is 0 Å². The van der Waals surface area contributed by atoms with Crippen molar-refractivity contribution in [3.8, 4) is 0 Å². The first-order valence-corrected chi connectivity index (χ1v) is 9.84. The summed E-state index contributed by atoms with van der Waals surface area (Å²) in [5, 5.41) is 18.7. The van der Waals surface area contributed by atoms with Crippen molar-refractivity contribution >= 4 is 23.2 Å². The third kappa shape index (κ3) is 3.76. The Morgan fingerprint density at radius 2 is 2.03 bits per heavy atom. The predicted molar refractivity (Wildman–Crippen MR) is 106 cm³/mol. The number of amides is 2. The average molecular weight is 432 g/mol. The number of carbonyl (C=O) groups is 1. The summed E-state index contributed by atoms with van der Waals surface area (Å²) in [4.78, 5) is 18.2. The number of carbonyl (C=O) groups excluding carboxylic acids is 1. The van der Waals surface area contributed by atoms with Crippen LogP contribution in [0, 0.1) is 11.6 Å². The van der Waals surface area contributed by atoms with Crippen LogP contribution < -0.4 is 15.5 Å². The molecule has 1 aliphatic heterocycles. The van der Waals surface area contributed by atoms with E-state index < -0.39 is 36.0 Å². The fourth-order valence-electron chi connectivity index (χ4n) is 3.87. The Balaban J connectivity index is 1.44. The molecule has 0 spiro atoms. The fourth-order valence-corrected chi connectivity index (χ4v) is 3.87. The average Bonchev–Trinajstić information content (AvgIpc) is 3.11. The lowest BCUT2D eigenvalue weighted by atomic mass is 10.0. The van der Waals surface area contributed by atoms with Crippen molar-refractivity contribution in [3.63, 3.8) is 0 Å². The number of benzene rings is 1. The molecule has 2 aliphatic rings. The Labute approximate surface area is 174 Å². The highest BCUT2D eigenvalue weighted by molar-refractivity contribution is 5.93. The molecule has 2 amide bonds. The molecule has 2 aromatic heterocycles. The van der Waals surface area contributed by atoms with Gasteiger partial charge >= 0.3 is 6.03 Å². The second kappa shape index (κ2) is 7.41. The van der Waals surface area contributed by atoms with Gasteiger partial charge in [-0.15, -0.1) is 0 Å². The minimum atomic E-state index is -1.23. The van der Waals surface area contributed by atoms with E-state index in [2.05, 4.69) is 20.7 Å². The highest BCUT2D eigenvalue weighted by atomic mass is 19.1. The monoisotopic (exact) mass is 432 g/mol. The van der Waals surface area contributed by atoms with E-state index in [0.29, 0.717) is 23.6 Å². The van der Waals surface area contributed by atoms with Gasteiger partial charge in [0.05, 0.1) is 30.9 Å². The molecule has 1 saturated carbocycles. The maximum Gasteiger partial charge on any atom is 0.319 e. The number of aromatic nitrogens is 3. The predicted octanol–water partition coefficient (Wildman–Crippen LogP) is 2.55. The summed E-state index contributed by atoms with van der Waals surface area (Å²) in [5.74, 6) is -0.865. The molecule has 3 aromatic rings. The zero-order valence-corrected chi connectivity index (χ0v) is 16.2. The van der Waals surface area contributed by atoms with Gasteiger partial charge in [0, 0.05) is 18.2 Å². The van der Waals surface area contributed by atoms with Gasteiger partial charge in [-0.2, -0.15) is 5.10 Å². The van der Waals surface area contributed by atoms with Gasteiger partial charge in [-0.05, 0) is 30.7 Å². The third-order valence-corrected chi connectivity index (χ3v) is 5.54. The first-order valence-electron chi connectivity index (χ1n) is 9.84. The zero-order valence-electron chi connectivity index (χ0n) is 16.2. The molecule has 1 aromatic carbocycles. The van der Waals surface area contributed by atoms with E-state index in [9.17, 15) is 23.1 Å². The summed E-state index contributed by atoms with van der Waals surface area (Å²) in [6.45, 7) is -0.0270. The van der Waals surface area contributed by atoms with Crippen LogP contribution in [0.1, 0.15) is 24.4 Å². The molecule has 162 valence electrons. The molecule has 4 atom stereocenters. The number of fused-ring (bicyclic) bond motifs is 1. The standard InChI is InChI=1S/C20H19F3N6O2/c21-10-1-2-13(23)12(5-10)16-6-11(22)9-28(16)18-3-4-29-19(27-18)15(8-24-29)26-20(31)25-14-7-17(14)30/h1-5,8,11,14,16-17,30H,6-7,9H2,(H2,25,26,31)/t11-,14+,16+,17+/m0/s1. The van der Waals surface area contributed by atoms with Crippen LogP contribution in [0.15, 0.2) is 36.7 Å². The van der Waals surface area contributed by atoms with E-state index in [4.69, 9.17) is 0 Å². The highest BCUT2D eigenvalue weighted by Crippen LogP contribution is 2.38. The SMILES string of the molecule is O=C(Nc1cnn2ccc(N3C[C@@H](F)C[C@@H]3c3cc(F)ccc3F)nc12)N[C@@H]1C[C@H]1O. The summed E-state index contributed by atoms with van der Waals surface area (Å²) in [6.07, 6.45) is 1.75. The summed E-state index contributed by atoms with van der Waals surface area (Å²) in [6, 6.07) is 3.22. The van der Waals surface area contributed by atoms with Crippen LogP contribution in [0.25, 0.3) is 5.65 Å². The van der Waals surface area contributed by atoms with Crippen LogP contribution in [-0.2, 0) is 0 Å². The molecule has 2 fully saturated rings. The number of rotatable bonds is 4. The van der Waals surface area contributed by atoms with Gasteiger partial charge in [-0.3, -0.25) is 0 Å². The molecule has 1 saturated heterocycles. The van der Waals surface area contributed by atoms with Crippen LogP contribution in [-0.4, -0.2) is 50.6 Å². The number of hydrogen-bond donors (Lipinski definition) is 3. The number of nitrogens with zero attached hydrogens (tertiary/aromatic N) is 4. The maximum atomic E-state index is 14.4. The number of nitrogens with one attached hydrogen (secondary N) is 2. The van der Waals surface area contributed by atoms with E-state index in [1.165, 1.54) is 10.7 Å². The molecule has 0 unspecified atom stereocenters. The molecule has 8 nitrogen and oxygen atoms in total. The molecular weight excluding hydrogens is 413 g/mol. The minimum Gasteiger partial charge on any atom is -0.391 e. The smallest absolute Gasteiger partial charge is 0.319 e. The normalized spacial score (nSPS) is 25.1. The van der Waals surface area contributed by atoms with Crippen LogP contribution >= 0.6 is 0 Å². The number of alkyl halides is 1. The Morgan fingerprint density at radius 1 is 1.23 bits per heavy atom. The van der Waals surface area contributed by atoms with E-state index >= 15 is 0 Å². The van der Waals surface area contributed by atoms with Crippen molar-refractivity contribution < 1.29 is 23.1 Å². The molecule has 1 aliphatic carbocycles. The number of urea groups is 1. The van der Waals surface area contributed by atoms with Gasteiger partial charge in [0.15, 0.2) is 5.65 Å². The Kier molecular flexibility index (Phi) is 4.69. The second-order valence-corrected chi connectivity index (χ2v) is 7.79. The number of halogens is 3. The lowest BCUT2D eigenvalue weighted by molar-refractivity contribution is 0.241. The van der Waals surface area contributed by atoms with Crippen molar-refractivity contribution in [3.05, 3.63) is 53.9 Å². The molecule has 11 heteroatoms. The van der Waals surface area contributed by atoms with Gasteiger partial charge in [0.25, 0.3) is 0 Å². The molecular formula is C20H19F3N6O2. The Hall–Kier alpha value is -3.34. The molecule has 3 heterocycles. The van der Waals surface area contributed by atoms with E-state index in [-0.39, 0.29) is 24.6 Å². The van der Waals surface area contributed by atoms with Crippen LogP contribution in [0.5, 0.6) is 0 Å². The third-order valence-electron chi connectivity index (χ3n) is 5.54. The van der Waals surface area contributed by atoms with Crippen molar-refractivity contribution in [2.45, 2.75) is 37.2 Å². The van der Waals surface area contributed by atoms with E-state index in [0.717, 1.165) is 18.2 Å². The van der Waals surface area contributed by atoms with Crippen molar-refractivity contribution in [1.29, 1.82) is 0 Å². The number of aliphatic hydroxyl groups excluding tert-OH is 1. The highest BCUT2D eigenvalue weighted by Gasteiger charge is 2.37. The van der Waals surface area contributed by atoms with Gasteiger partial charge in [-0.25, -0.2) is 27.5 Å². The molecule has 31 heavy (non-hydrogen) atoms. The summed E-state index contributed by atoms with van der Waals surface area (Å²) >= 11 is 0. The largest absolute Gasteiger partial charge is 0.391 e.